The fourth-order valence-corrected chi connectivity index (χ4v) is 4.65. The molecule has 0 saturated heterocycles. The first-order chi connectivity index (χ1) is 13.9. The van der Waals surface area contributed by atoms with Crippen LogP contribution in [0.25, 0.3) is 0 Å². The molecule has 0 bridgehead atoms. The zero-order chi connectivity index (χ0) is 20.5. The van der Waals surface area contributed by atoms with Crippen LogP contribution in [0.3, 0.4) is 0 Å². The van der Waals surface area contributed by atoms with Gasteiger partial charge in [0.25, 0.3) is 5.56 Å². The Morgan fingerprint density at radius 2 is 2.00 bits per heavy atom. The predicted octanol–water partition coefficient (Wildman–Crippen LogP) is 3.56. The number of fused-ring (bicyclic) bond motifs is 1. The zero-order valence-electron chi connectivity index (χ0n) is 16.2. The molecule has 1 amide bonds. The number of rotatable bonds is 4. The van der Waals surface area contributed by atoms with Gasteiger partial charge in [-0.2, -0.15) is 4.98 Å². The van der Waals surface area contributed by atoms with Crippen LogP contribution in [-0.2, 0) is 17.6 Å². The summed E-state index contributed by atoms with van der Waals surface area (Å²) in [7, 11) is 1.80. The molecule has 148 valence electrons. The van der Waals surface area contributed by atoms with Gasteiger partial charge in [-0.25, -0.2) is 0 Å². The number of aryl methyl sites for hydroxylation is 1. The number of amides is 1. The van der Waals surface area contributed by atoms with Crippen LogP contribution in [0, 0.1) is 6.92 Å². The number of aromatic nitrogens is 2. The number of benzene rings is 2. The summed E-state index contributed by atoms with van der Waals surface area (Å²) in [5.74, 6) is 0.650. The van der Waals surface area contributed by atoms with Gasteiger partial charge in [0.2, 0.25) is 5.91 Å². The van der Waals surface area contributed by atoms with Crippen LogP contribution >= 0.6 is 11.8 Å². The first-order valence-electron chi connectivity index (χ1n) is 9.31. The van der Waals surface area contributed by atoms with E-state index in [2.05, 4.69) is 29.4 Å². The van der Waals surface area contributed by atoms with E-state index in [1.54, 1.807) is 29.8 Å². The normalized spacial score (nSPS) is 15.7. The number of hydrogen-bond acceptors (Lipinski definition) is 5. The van der Waals surface area contributed by atoms with E-state index < -0.39 is 5.92 Å². The van der Waals surface area contributed by atoms with Crippen LogP contribution in [0.5, 0.6) is 5.75 Å². The largest absolute Gasteiger partial charge is 0.508 e. The van der Waals surface area contributed by atoms with Crippen LogP contribution in [0.2, 0.25) is 0 Å². The number of nitrogens with one attached hydrogen (secondary N) is 1. The second-order valence-corrected chi connectivity index (χ2v) is 8.08. The van der Waals surface area contributed by atoms with Crippen molar-refractivity contribution in [1.82, 2.24) is 9.55 Å². The van der Waals surface area contributed by atoms with Crippen molar-refractivity contribution in [2.24, 2.45) is 7.05 Å². The van der Waals surface area contributed by atoms with E-state index in [9.17, 15) is 14.7 Å². The summed E-state index contributed by atoms with van der Waals surface area (Å²) >= 11 is 1.46. The predicted molar refractivity (Wildman–Crippen MR) is 113 cm³/mol. The van der Waals surface area contributed by atoms with E-state index in [0.717, 1.165) is 5.56 Å². The second-order valence-electron chi connectivity index (χ2n) is 7.14. The lowest BCUT2D eigenvalue weighted by Gasteiger charge is -2.27. The molecule has 0 aliphatic carbocycles. The summed E-state index contributed by atoms with van der Waals surface area (Å²) in [5.41, 5.74) is 3.18. The minimum atomic E-state index is -0.438. The van der Waals surface area contributed by atoms with Crippen molar-refractivity contribution in [2.45, 2.75) is 30.2 Å². The number of hydrogen-bond donors (Lipinski definition) is 2. The van der Waals surface area contributed by atoms with Gasteiger partial charge in [0, 0.05) is 25.1 Å². The van der Waals surface area contributed by atoms with Gasteiger partial charge in [-0.15, -0.1) is 0 Å². The van der Waals surface area contributed by atoms with Gasteiger partial charge in [0.1, 0.15) is 11.6 Å². The summed E-state index contributed by atoms with van der Waals surface area (Å²) in [6.45, 7) is 2.05. The molecule has 2 aromatic carbocycles. The first-order valence-corrected chi connectivity index (χ1v) is 10.3. The molecule has 1 aromatic heterocycles. The van der Waals surface area contributed by atoms with Crippen molar-refractivity contribution in [3.05, 3.63) is 81.1 Å². The van der Waals surface area contributed by atoms with Crippen molar-refractivity contribution in [3.8, 4) is 5.75 Å². The smallest absolute Gasteiger partial charge is 0.279 e. The Morgan fingerprint density at radius 1 is 1.21 bits per heavy atom. The van der Waals surface area contributed by atoms with E-state index >= 15 is 0 Å². The molecule has 0 spiro atoms. The highest BCUT2D eigenvalue weighted by Crippen LogP contribution is 2.37. The molecule has 1 atom stereocenters. The maximum absolute atomic E-state index is 12.9. The van der Waals surface area contributed by atoms with E-state index in [-0.39, 0.29) is 23.6 Å². The van der Waals surface area contributed by atoms with Crippen LogP contribution in [0.1, 0.15) is 34.6 Å². The van der Waals surface area contributed by atoms with Gasteiger partial charge in [-0.3, -0.25) is 9.59 Å². The topological polar surface area (TPSA) is 84.2 Å². The number of aromatic hydroxyl groups is 1. The third kappa shape index (κ3) is 3.78. The average Bonchev–Trinajstić information content (AvgIpc) is 2.70. The second kappa shape index (κ2) is 7.75. The molecule has 0 unspecified atom stereocenters. The van der Waals surface area contributed by atoms with Gasteiger partial charge >= 0.3 is 0 Å². The summed E-state index contributed by atoms with van der Waals surface area (Å²) in [6.07, 6.45) is 0.142. The lowest BCUT2D eigenvalue weighted by molar-refractivity contribution is -0.116. The molecule has 0 saturated carbocycles. The summed E-state index contributed by atoms with van der Waals surface area (Å²) in [6, 6.07) is 14.8. The summed E-state index contributed by atoms with van der Waals surface area (Å²) in [4.78, 5) is 29.6. The van der Waals surface area contributed by atoms with E-state index in [0.29, 0.717) is 22.3 Å². The van der Waals surface area contributed by atoms with Crippen molar-refractivity contribution in [2.75, 3.05) is 5.32 Å². The summed E-state index contributed by atoms with van der Waals surface area (Å²) < 4.78 is 1.77. The van der Waals surface area contributed by atoms with Crippen LogP contribution < -0.4 is 10.9 Å². The molecule has 6 nitrogen and oxygen atoms in total. The number of phenols is 1. The number of carbonyl (C=O) groups is 1. The number of phenolic OH excluding ortho intramolecular Hbond substituents is 1. The highest BCUT2D eigenvalue weighted by Gasteiger charge is 2.32. The zero-order valence-corrected chi connectivity index (χ0v) is 17.0. The van der Waals surface area contributed by atoms with Crippen molar-refractivity contribution in [3.63, 3.8) is 0 Å². The molecule has 2 heterocycles. The number of anilines is 1. The molecular weight excluding hydrogens is 386 g/mol. The minimum absolute atomic E-state index is 0.102. The Kier molecular flexibility index (Phi) is 5.15. The molecule has 2 N–H and O–H groups in total. The van der Waals surface area contributed by atoms with Crippen molar-refractivity contribution >= 4 is 23.5 Å². The van der Waals surface area contributed by atoms with Gasteiger partial charge < -0.3 is 15.0 Å². The third-order valence-electron chi connectivity index (χ3n) is 5.19. The molecule has 4 rings (SSSR count). The fraction of sp³-hybridized carbons (Fsp3) is 0.227. The molecule has 0 radical (unpaired) electrons. The highest BCUT2D eigenvalue weighted by molar-refractivity contribution is 7.98. The lowest BCUT2D eigenvalue weighted by Crippen LogP contribution is -2.33. The molecule has 1 aliphatic rings. The SMILES string of the molecule is Cc1ccccc1CSc1nc(=O)c2c(n1C)NC(=O)C[C@H]2c1cccc(O)c1. The van der Waals surface area contributed by atoms with Crippen LogP contribution in [-0.4, -0.2) is 20.6 Å². The molecular formula is C22H21N3O3S. The Bertz CT molecular complexity index is 1160. The van der Waals surface area contributed by atoms with E-state index in [1.807, 2.05) is 18.2 Å². The Labute approximate surface area is 172 Å². The Morgan fingerprint density at radius 3 is 2.76 bits per heavy atom. The Hall–Kier alpha value is -3.06. The quantitative estimate of drug-likeness (QED) is 0.510. The number of carbonyl (C=O) groups excluding carboxylic acids is 1. The molecule has 0 fully saturated rings. The standard InChI is InChI=1S/C22H21N3O3S/c1-13-6-3-4-7-15(13)12-29-22-24-21(28)19-17(14-8-5-9-16(26)10-14)11-18(27)23-20(19)25(22)2/h3-10,17,26H,11-12H2,1-2H3,(H,23,27)/t17-/m0/s1. The van der Waals surface area contributed by atoms with Gasteiger partial charge in [-0.1, -0.05) is 48.2 Å². The monoisotopic (exact) mass is 407 g/mol. The highest BCUT2D eigenvalue weighted by atomic mass is 32.2. The van der Waals surface area contributed by atoms with Crippen LogP contribution in [0.15, 0.2) is 58.5 Å². The van der Waals surface area contributed by atoms with Gasteiger partial charge in [0.15, 0.2) is 5.16 Å². The first kappa shape index (κ1) is 19.3. The Balaban J connectivity index is 1.73. The minimum Gasteiger partial charge on any atom is -0.508 e. The third-order valence-corrected chi connectivity index (χ3v) is 6.27. The van der Waals surface area contributed by atoms with E-state index in [1.165, 1.54) is 22.9 Å². The maximum atomic E-state index is 12.9. The van der Waals surface area contributed by atoms with Gasteiger partial charge in [-0.05, 0) is 35.7 Å². The maximum Gasteiger partial charge on any atom is 0.279 e. The average molecular weight is 407 g/mol. The molecule has 3 aromatic rings. The molecule has 29 heavy (non-hydrogen) atoms. The van der Waals surface area contributed by atoms with Crippen LogP contribution in [0.4, 0.5) is 5.82 Å². The number of thioether (sulfide) groups is 1. The number of nitrogens with zero attached hydrogens (tertiary/aromatic N) is 2. The lowest BCUT2D eigenvalue weighted by atomic mass is 9.86. The fourth-order valence-electron chi connectivity index (χ4n) is 3.61. The molecule has 1 aliphatic heterocycles. The van der Waals surface area contributed by atoms with Crippen molar-refractivity contribution < 1.29 is 9.90 Å². The molecule has 7 heteroatoms. The summed E-state index contributed by atoms with van der Waals surface area (Å²) in [5, 5.41) is 13.2. The van der Waals surface area contributed by atoms with Crippen molar-refractivity contribution in [1.29, 1.82) is 0 Å². The van der Waals surface area contributed by atoms with E-state index in [4.69, 9.17) is 0 Å². The van der Waals surface area contributed by atoms with Gasteiger partial charge in [0.05, 0.1) is 5.56 Å².